The number of nitrogens with two attached hydrogens (primary N) is 1. The average molecular weight is 182 g/mol. The first-order valence-electron chi connectivity index (χ1n) is 4.14. The molecule has 13 heavy (non-hydrogen) atoms. The fourth-order valence-electron chi connectivity index (χ4n) is 1.12. The van der Waals surface area contributed by atoms with E-state index in [1.54, 1.807) is 12.5 Å². The van der Waals surface area contributed by atoms with Gasteiger partial charge in [0.25, 0.3) is 0 Å². The van der Waals surface area contributed by atoms with Gasteiger partial charge >= 0.3 is 0 Å². The number of nitrogens with one attached hydrogen (secondary N) is 1. The lowest BCUT2D eigenvalue weighted by atomic mass is 10.0. The van der Waals surface area contributed by atoms with Gasteiger partial charge in [-0.2, -0.15) is 0 Å². The zero-order chi connectivity index (χ0) is 9.84. The maximum atomic E-state index is 11.2. The van der Waals surface area contributed by atoms with Crippen molar-refractivity contribution >= 4 is 5.91 Å². The average Bonchev–Trinajstić information content (AvgIpc) is 2.67. The molecule has 0 aliphatic heterocycles. The molecule has 0 spiro atoms. The summed E-state index contributed by atoms with van der Waals surface area (Å²) in [5.41, 5.74) is 2.13. The molecule has 0 radical (unpaired) electrons. The second-order valence-corrected chi connectivity index (χ2v) is 3.05. The Hall–Kier alpha value is -1.36. The Labute approximate surface area is 76.9 Å². The molecule has 1 amide bonds. The highest BCUT2D eigenvalue weighted by atomic mass is 16.2. The van der Waals surface area contributed by atoms with Crippen molar-refractivity contribution in [1.29, 1.82) is 0 Å². The molecule has 0 aliphatic rings. The van der Waals surface area contributed by atoms with Crippen molar-refractivity contribution in [3.63, 3.8) is 0 Å². The fourth-order valence-corrected chi connectivity index (χ4v) is 1.12. The largest absolute Gasteiger partial charge is 0.334 e. The molecule has 0 saturated carbocycles. The summed E-state index contributed by atoms with van der Waals surface area (Å²) in [7, 11) is 0. The van der Waals surface area contributed by atoms with Crippen LogP contribution in [-0.2, 0) is 4.79 Å². The minimum atomic E-state index is -0.167. The lowest BCUT2D eigenvalue weighted by molar-refractivity contribution is -0.125. The third-order valence-corrected chi connectivity index (χ3v) is 2.27. The zero-order valence-electron chi connectivity index (χ0n) is 7.77. The molecule has 72 valence electrons. The van der Waals surface area contributed by atoms with Gasteiger partial charge in [0.1, 0.15) is 0 Å². The van der Waals surface area contributed by atoms with Crippen molar-refractivity contribution in [2.24, 2.45) is 11.8 Å². The molecule has 1 aromatic heterocycles. The second kappa shape index (κ2) is 4.04. The number of carbonyl (C=O) groups excluding carboxylic acids is 1. The van der Waals surface area contributed by atoms with Gasteiger partial charge in [-0.3, -0.25) is 10.2 Å². The SMILES string of the molecule is CC(C(=O)NN)C(C)n1ccnc1. The molecular formula is C8H14N4O. The van der Waals surface area contributed by atoms with Gasteiger partial charge in [-0.25, -0.2) is 10.8 Å². The first-order chi connectivity index (χ1) is 6.16. The minimum Gasteiger partial charge on any atom is -0.334 e. The van der Waals surface area contributed by atoms with E-state index in [1.165, 1.54) is 0 Å². The predicted molar refractivity (Wildman–Crippen MR) is 48.4 cm³/mol. The molecule has 5 nitrogen and oxygen atoms in total. The highest BCUT2D eigenvalue weighted by Gasteiger charge is 2.19. The van der Waals surface area contributed by atoms with E-state index in [0.29, 0.717) is 0 Å². The van der Waals surface area contributed by atoms with E-state index in [2.05, 4.69) is 10.4 Å². The third-order valence-electron chi connectivity index (χ3n) is 2.27. The number of hydrogen-bond acceptors (Lipinski definition) is 3. The summed E-state index contributed by atoms with van der Waals surface area (Å²) >= 11 is 0. The van der Waals surface area contributed by atoms with Gasteiger partial charge < -0.3 is 4.57 Å². The Balaban J connectivity index is 2.68. The number of hydrogen-bond donors (Lipinski definition) is 2. The smallest absolute Gasteiger partial charge is 0.238 e. The summed E-state index contributed by atoms with van der Waals surface area (Å²) in [6.45, 7) is 3.77. The van der Waals surface area contributed by atoms with Gasteiger partial charge in [0.05, 0.1) is 12.2 Å². The van der Waals surface area contributed by atoms with E-state index in [4.69, 9.17) is 5.84 Å². The van der Waals surface area contributed by atoms with Gasteiger partial charge in [-0.05, 0) is 6.92 Å². The van der Waals surface area contributed by atoms with E-state index in [9.17, 15) is 4.79 Å². The Bertz CT molecular complexity index is 270. The summed E-state index contributed by atoms with van der Waals surface area (Å²) in [6.07, 6.45) is 5.19. The van der Waals surface area contributed by atoms with E-state index in [-0.39, 0.29) is 17.9 Å². The van der Waals surface area contributed by atoms with Crippen LogP contribution in [0.5, 0.6) is 0 Å². The Morgan fingerprint density at radius 1 is 1.62 bits per heavy atom. The van der Waals surface area contributed by atoms with Gasteiger partial charge in [-0.1, -0.05) is 6.92 Å². The first kappa shape index (κ1) is 9.73. The van der Waals surface area contributed by atoms with Gasteiger partial charge in [0.15, 0.2) is 0 Å². The number of hydrazine groups is 1. The zero-order valence-corrected chi connectivity index (χ0v) is 7.77. The quantitative estimate of drug-likeness (QED) is 0.394. The van der Waals surface area contributed by atoms with Gasteiger partial charge in [0, 0.05) is 18.4 Å². The molecule has 1 rings (SSSR count). The minimum absolute atomic E-state index is 0.0612. The number of carbonyl (C=O) groups is 1. The summed E-state index contributed by atoms with van der Waals surface area (Å²) in [5.74, 6) is 4.71. The molecule has 0 aliphatic carbocycles. The number of aromatic nitrogens is 2. The van der Waals surface area contributed by atoms with Gasteiger partial charge in [-0.15, -0.1) is 0 Å². The molecule has 0 bridgehead atoms. The van der Waals surface area contributed by atoms with Crippen LogP contribution < -0.4 is 11.3 Å². The molecule has 0 saturated heterocycles. The van der Waals surface area contributed by atoms with Crippen molar-refractivity contribution in [3.8, 4) is 0 Å². The molecule has 2 unspecified atom stereocenters. The topological polar surface area (TPSA) is 72.9 Å². The molecular weight excluding hydrogens is 168 g/mol. The highest BCUT2D eigenvalue weighted by molar-refractivity contribution is 5.78. The monoisotopic (exact) mass is 182 g/mol. The van der Waals surface area contributed by atoms with E-state index >= 15 is 0 Å². The first-order valence-corrected chi connectivity index (χ1v) is 4.14. The summed E-state index contributed by atoms with van der Waals surface area (Å²) in [6, 6.07) is 0.0612. The molecule has 2 atom stereocenters. The van der Waals surface area contributed by atoms with Crippen molar-refractivity contribution in [2.75, 3.05) is 0 Å². The summed E-state index contributed by atoms with van der Waals surface area (Å²) in [4.78, 5) is 15.1. The Morgan fingerprint density at radius 2 is 2.31 bits per heavy atom. The molecule has 0 aromatic carbocycles. The van der Waals surface area contributed by atoms with Crippen molar-refractivity contribution in [2.45, 2.75) is 19.9 Å². The third kappa shape index (κ3) is 2.06. The van der Waals surface area contributed by atoms with E-state index < -0.39 is 0 Å². The van der Waals surface area contributed by atoms with E-state index in [1.807, 2.05) is 24.6 Å². The van der Waals surface area contributed by atoms with Crippen LogP contribution in [0.15, 0.2) is 18.7 Å². The number of nitrogens with zero attached hydrogens (tertiary/aromatic N) is 2. The lowest BCUT2D eigenvalue weighted by Gasteiger charge is -2.19. The Kier molecular flexibility index (Phi) is 3.02. The number of imidazole rings is 1. The summed E-state index contributed by atoms with van der Waals surface area (Å²) < 4.78 is 1.87. The maximum absolute atomic E-state index is 11.2. The van der Waals surface area contributed by atoms with Crippen LogP contribution in [0.25, 0.3) is 0 Å². The van der Waals surface area contributed by atoms with Crippen molar-refractivity contribution < 1.29 is 4.79 Å². The molecule has 1 aromatic rings. The van der Waals surface area contributed by atoms with Crippen LogP contribution in [0.3, 0.4) is 0 Å². The molecule has 5 heteroatoms. The fraction of sp³-hybridized carbons (Fsp3) is 0.500. The standard InChI is InChI=1S/C8H14N4O/c1-6(8(13)11-9)7(2)12-4-3-10-5-12/h3-7H,9H2,1-2H3,(H,11,13). The molecule has 0 fully saturated rings. The lowest BCUT2D eigenvalue weighted by Crippen LogP contribution is -2.37. The van der Waals surface area contributed by atoms with Crippen molar-refractivity contribution in [3.05, 3.63) is 18.7 Å². The summed E-state index contributed by atoms with van der Waals surface area (Å²) in [5, 5.41) is 0. The normalized spacial score (nSPS) is 15.0. The number of rotatable bonds is 3. The molecule has 3 N–H and O–H groups in total. The van der Waals surface area contributed by atoms with Crippen molar-refractivity contribution in [1.82, 2.24) is 15.0 Å². The highest BCUT2D eigenvalue weighted by Crippen LogP contribution is 2.16. The van der Waals surface area contributed by atoms with Crippen LogP contribution in [0, 0.1) is 5.92 Å². The Morgan fingerprint density at radius 3 is 2.77 bits per heavy atom. The maximum Gasteiger partial charge on any atom is 0.238 e. The van der Waals surface area contributed by atoms with Crippen LogP contribution in [-0.4, -0.2) is 15.5 Å². The second-order valence-electron chi connectivity index (χ2n) is 3.05. The van der Waals surface area contributed by atoms with E-state index in [0.717, 1.165) is 0 Å². The van der Waals surface area contributed by atoms with Crippen LogP contribution in [0.1, 0.15) is 19.9 Å². The number of amides is 1. The van der Waals surface area contributed by atoms with Gasteiger partial charge in [0.2, 0.25) is 5.91 Å². The molecule has 1 heterocycles. The van der Waals surface area contributed by atoms with Crippen LogP contribution in [0.2, 0.25) is 0 Å². The van der Waals surface area contributed by atoms with Crippen LogP contribution in [0.4, 0.5) is 0 Å². The predicted octanol–water partition coefficient (Wildman–Crippen LogP) is 0.0701. The van der Waals surface area contributed by atoms with Crippen LogP contribution >= 0.6 is 0 Å².